The Morgan fingerprint density at radius 3 is 2.43 bits per heavy atom. The summed E-state index contributed by atoms with van der Waals surface area (Å²) in [4.78, 5) is 0. The predicted octanol–water partition coefficient (Wildman–Crippen LogP) is 8.04. The van der Waals surface area contributed by atoms with Gasteiger partial charge in [-0.15, -0.1) is 4.52 Å². The highest BCUT2D eigenvalue weighted by Gasteiger charge is 2.59. The first-order chi connectivity index (χ1) is 17.3. The van der Waals surface area contributed by atoms with Crippen LogP contribution in [0.15, 0.2) is 11.6 Å². The predicted molar refractivity (Wildman–Crippen MR) is 157 cm³/mol. The second-order valence-electron chi connectivity index (χ2n) is 15.1. The number of likely N-dealkylation sites (N-methyl/N-ethyl adjacent to an activating group) is 1. The smallest absolute Gasteiger partial charge is 0.393 e. The molecule has 3 saturated carbocycles. The second-order valence-corrected chi connectivity index (χ2v) is 15.6. The minimum Gasteiger partial charge on any atom is -0.393 e. The Kier molecular flexibility index (Phi) is 10.9. The first-order valence-electron chi connectivity index (χ1n) is 15.5. The Morgan fingerprint density at radius 2 is 1.78 bits per heavy atom. The Hall–Kier alpha value is -0.280. The standard InChI is InChI=1S/C27H46O.C5H14NO2P/c1-18(2)7-6-8-19(3)23-11-12-24-22-10-9-20-17-21(28)13-15-26(20,4)25(22)14-16-27(23,24)5;1-6(2,3)4-5-8-9-7/h9,18-19,21-25,28H,6-8,10-17H2,1-5H3;9H,4-5H2,1-3H3/q;+2/t19-,21+,22+,23-,24+,25+,26+,27-;/m1./s1. The van der Waals surface area contributed by atoms with E-state index in [0.29, 0.717) is 17.4 Å². The molecule has 0 aromatic rings. The van der Waals surface area contributed by atoms with Crippen molar-refractivity contribution in [2.24, 2.45) is 46.3 Å². The van der Waals surface area contributed by atoms with Crippen molar-refractivity contribution >= 4 is 8.69 Å². The number of aliphatic hydroxyl groups excluding tert-OH is 1. The molecule has 0 aromatic heterocycles. The molecule has 0 bridgehead atoms. The third-order valence-corrected chi connectivity index (χ3v) is 11.5. The van der Waals surface area contributed by atoms with Gasteiger partial charge in [0.2, 0.25) is 0 Å². The van der Waals surface area contributed by atoms with Gasteiger partial charge in [-0.3, -0.25) is 0 Å². The second kappa shape index (κ2) is 12.9. The van der Waals surface area contributed by atoms with Crippen molar-refractivity contribution in [1.29, 1.82) is 0 Å². The molecule has 9 atom stereocenters. The maximum Gasteiger partial charge on any atom is 0.494 e. The number of hydrogen-bond donors (Lipinski definition) is 1. The molecule has 0 aliphatic heterocycles. The van der Waals surface area contributed by atoms with Gasteiger partial charge in [0.05, 0.1) is 27.2 Å². The zero-order valence-electron chi connectivity index (χ0n) is 25.5. The van der Waals surface area contributed by atoms with Crippen LogP contribution < -0.4 is 0 Å². The van der Waals surface area contributed by atoms with Crippen LogP contribution >= 0.6 is 8.69 Å². The number of fused-ring (bicyclic) bond motifs is 5. The first-order valence-corrected chi connectivity index (χ1v) is 16.3. The average Bonchev–Trinajstić information content (AvgIpc) is 3.16. The molecular formula is C32H60NO3P+2. The van der Waals surface area contributed by atoms with E-state index in [4.69, 9.17) is 0 Å². The Morgan fingerprint density at radius 1 is 1.05 bits per heavy atom. The summed E-state index contributed by atoms with van der Waals surface area (Å²) < 4.78 is 15.3. The van der Waals surface area contributed by atoms with E-state index in [1.54, 1.807) is 5.57 Å². The van der Waals surface area contributed by atoms with Crippen LogP contribution in [0.1, 0.15) is 105 Å². The fourth-order valence-corrected chi connectivity index (χ4v) is 9.20. The third kappa shape index (κ3) is 7.47. The monoisotopic (exact) mass is 537 g/mol. The van der Waals surface area contributed by atoms with Gasteiger partial charge in [0.1, 0.15) is 6.54 Å². The normalized spacial score (nSPS) is 38.2. The van der Waals surface area contributed by atoms with E-state index in [1.165, 1.54) is 57.8 Å². The molecule has 4 rings (SSSR count). The van der Waals surface area contributed by atoms with Gasteiger partial charge in [0.15, 0.2) is 6.61 Å². The molecule has 0 saturated heterocycles. The van der Waals surface area contributed by atoms with E-state index in [0.717, 1.165) is 59.4 Å². The van der Waals surface area contributed by atoms with Crippen LogP contribution in [0.2, 0.25) is 0 Å². The molecule has 1 unspecified atom stereocenters. The van der Waals surface area contributed by atoms with Crippen LogP contribution in [0.5, 0.6) is 0 Å². The molecule has 0 aromatic carbocycles. The van der Waals surface area contributed by atoms with Crippen LogP contribution in [-0.2, 0) is 9.09 Å². The lowest BCUT2D eigenvalue weighted by molar-refractivity contribution is -0.870. The number of rotatable bonds is 9. The minimum absolute atomic E-state index is 0.0766. The van der Waals surface area contributed by atoms with Gasteiger partial charge >= 0.3 is 8.69 Å². The van der Waals surface area contributed by atoms with E-state index >= 15 is 0 Å². The maximum atomic E-state index is 10.2. The SMILES string of the molecule is CC(C)CCC[C@@H](C)[C@H]1CC[C@H]2[C@@H]3CC=C4C[C@@H](O)CC[C@]4(C)[C@H]3CC[C@]12C.C[N+](C)(C)CCO[PH+]=O. The van der Waals surface area contributed by atoms with Gasteiger partial charge in [-0.2, -0.15) is 0 Å². The molecule has 37 heavy (non-hydrogen) atoms. The van der Waals surface area contributed by atoms with Crippen molar-refractivity contribution in [2.75, 3.05) is 34.3 Å². The van der Waals surface area contributed by atoms with Crippen molar-refractivity contribution in [2.45, 2.75) is 111 Å². The minimum atomic E-state index is -0.616. The van der Waals surface area contributed by atoms with Crippen molar-refractivity contribution < 1.29 is 18.7 Å². The van der Waals surface area contributed by atoms with Gasteiger partial charge in [-0.25, -0.2) is 0 Å². The Bertz CT molecular complexity index is 776. The summed E-state index contributed by atoms with van der Waals surface area (Å²) >= 11 is 0. The topological polar surface area (TPSA) is 46.5 Å². The van der Waals surface area contributed by atoms with E-state index in [9.17, 15) is 9.67 Å². The number of nitrogens with zero attached hydrogens (tertiary/aromatic N) is 1. The molecule has 0 spiro atoms. The summed E-state index contributed by atoms with van der Waals surface area (Å²) in [6.07, 6.45) is 17.2. The highest BCUT2D eigenvalue weighted by atomic mass is 31.1. The first kappa shape index (κ1) is 31.3. The third-order valence-electron chi connectivity index (χ3n) is 11.2. The summed E-state index contributed by atoms with van der Waals surface area (Å²) in [7, 11) is 5.58. The molecule has 1 N–H and O–H groups in total. The van der Waals surface area contributed by atoms with E-state index < -0.39 is 8.69 Å². The van der Waals surface area contributed by atoms with E-state index in [-0.39, 0.29) is 6.10 Å². The van der Waals surface area contributed by atoms with Crippen LogP contribution in [0.3, 0.4) is 0 Å². The van der Waals surface area contributed by atoms with Gasteiger partial charge < -0.3 is 9.59 Å². The molecule has 0 amide bonds. The zero-order chi connectivity index (χ0) is 27.4. The van der Waals surface area contributed by atoms with Crippen LogP contribution in [0.25, 0.3) is 0 Å². The fourth-order valence-electron chi connectivity index (χ4n) is 9.03. The lowest BCUT2D eigenvalue weighted by atomic mass is 9.47. The van der Waals surface area contributed by atoms with Gasteiger partial charge in [0, 0.05) is 0 Å². The summed E-state index contributed by atoms with van der Waals surface area (Å²) in [5.41, 5.74) is 2.60. The molecule has 4 aliphatic carbocycles. The molecule has 0 heterocycles. The van der Waals surface area contributed by atoms with Gasteiger partial charge in [-0.1, -0.05) is 65.5 Å². The number of quaternary nitrogens is 1. The van der Waals surface area contributed by atoms with Crippen molar-refractivity contribution in [1.82, 2.24) is 0 Å². The molecular weight excluding hydrogens is 477 g/mol. The summed E-state index contributed by atoms with van der Waals surface area (Å²) in [6.45, 7) is 14.0. The molecule has 3 fully saturated rings. The zero-order valence-corrected chi connectivity index (χ0v) is 26.5. The van der Waals surface area contributed by atoms with Crippen molar-refractivity contribution in [3.05, 3.63) is 11.6 Å². The molecule has 0 radical (unpaired) electrons. The van der Waals surface area contributed by atoms with Crippen LogP contribution in [-0.4, -0.2) is 50.0 Å². The van der Waals surface area contributed by atoms with Crippen LogP contribution in [0.4, 0.5) is 0 Å². The van der Waals surface area contributed by atoms with E-state index in [1.807, 2.05) is 0 Å². The van der Waals surface area contributed by atoms with Gasteiger partial charge in [0.25, 0.3) is 0 Å². The fraction of sp³-hybridized carbons (Fsp3) is 0.938. The largest absolute Gasteiger partial charge is 0.494 e. The lowest BCUT2D eigenvalue weighted by Gasteiger charge is -2.58. The Balaban J connectivity index is 0.000000364. The number of allylic oxidation sites excluding steroid dienone is 1. The average molecular weight is 538 g/mol. The molecule has 4 aliphatic rings. The quantitative estimate of drug-likeness (QED) is 0.140. The summed E-state index contributed by atoms with van der Waals surface area (Å²) in [5, 5.41) is 10.2. The highest BCUT2D eigenvalue weighted by Crippen LogP contribution is 2.67. The Labute approximate surface area is 230 Å². The van der Waals surface area contributed by atoms with Gasteiger partial charge in [-0.05, 0) is 102 Å². The molecule has 5 heteroatoms. The number of aliphatic hydroxyl groups is 1. The van der Waals surface area contributed by atoms with Crippen molar-refractivity contribution in [3.63, 3.8) is 0 Å². The molecule has 214 valence electrons. The van der Waals surface area contributed by atoms with Crippen LogP contribution in [0, 0.1) is 46.3 Å². The van der Waals surface area contributed by atoms with E-state index in [2.05, 4.69) is 66.4 Å². The maximum absolute atomic E-state index is 10.2. The highest BCUT2D eigenvalue weighted by molar-refractivity contribution is 7.17. The number of hydrogen-bond acceptors (Lipinski definition) is 3. The van der Waals surface area contributed by atoms with Crippen molar-refractivity contribution in [3.8, 4) is 0 Å². The summed E-state index contributed by atoms with van der Waals surface area (Å²) in [5.74, 6) is 5.46. The lowest BCUT2D eigenvalue weighted by Crippen LogP contribution is -2.50. The summed E-state index contributed by atoms with van der Waals surface area (Å²) in [6, 6.07) is 0. The molecule has 4 nitrogen and oxygen atoms in total.